The summed E-state index contributed by atoms with van der Waals surface area (Å²) in [6.07, 6.45) is 0. The monoisotopic (exact) mass is 122 g/mol. The average molecular weight is 122 g/mol. The maximum atomic E-state index is 8.36. The van der Waals surface area contributed by atoms with Gasteiger partial charge < -0.3 is 4.52 Å². The zero-order chi connectivity index (χ0) is 6.85. The zero-order valence-electron chi connectivity index (χ0n) is 5.30. The molecule has 1 rings (SSSR count). The van der Waals surface area contributed by atoms with Gasteiger partial charge in [-0.2, -0.15) is 5.26 Å². The molecule has 0 atom stereocenters. The van der Waals surface area contributed by atoms with Gasteiger partial charge in [0.15, 0.2) is 5.69 Å². The fourth-order valence-corrected chi connectivity index (χ4v) is 0.522. The van der Waals surface area contributed by atoms with Crippen LogP contribution in [0.3, 0.4) is 0 Å². The first kappa shape index (κ1) is 5.83. The predicted molar refractivity (Wildman–Crippen MR) is 30.7 cm³/mol. The van der Waals surface area contributed by atoms with Crippen molar-refractivity contribution in [3.8, 4) is 6.07 Å². The fraction of sp³-hybridized carbons (Fsp3) is 0.333. The van der Waals surface area contributed by atoms with E-state index >= 15 is 0 Å². The number of hydrogen-bond donors (Lipinski definition) is 0. The largest absolute Gasteiger partial charge is 0.360 e. The first-order valence-electron chi connectivity index (χ1n) is 2.58. The first-order valence-corrected chi connectivity index (χ1v) is 2.58. The van der Waals surface area contributed by atoms with Crippen molar-refractivity contribution in [2.75, 3.05) is 0 Å². The lowest BCUT2D eigenvalue weighted by molar-refractivity contribution is 0.395. The van der Waals surface area contributed by atoms with Crippen LogP contribution in [0.4, 0.5) is 0 Å². The average Bonchev–Trinajstić information content (AvgIpc) is 2.15. The molecule has 1 aromatic rings. The van der Waals surface area contributed by atoms with E-state index in [1.807, 2.05) is 13.0 Å². The normalized spacial score (nSPS) is 9.00. The van der Waals surface area contributed by atoms with Crippen LogP contribution in [0.15, 0.2) is 4.52 Å². The molecule has 1 aromatic heterocycles. The second-order valence-corrected chi connectivity index (χ2v) is 1.82. The Labute approximate surface area is 52.9 Å². The summed E-state index contributed by atoms with van der Waals surface area (Å²) >= 11 is 0. The molecule has 0 aromatic carbocycles. The van der Waals surface area contributed by atoms with Gasteiger partial charge in [-0.1, -0.05) is 5.16 Å². The minimum atomic E-state index is 0.382. The number of nitrogens with zero attached hydrogens (tertiary/aromatic N) is 2. The minimum absolute atomic E-state index is 0.382. The summed E-state index contributed by atoms with van der Waals surface area (Å²) in [6, 6.07) is 1.91. The van der Waals surface area contributed by atoms with Crippen LogP contribution in [-0.4, -0.2) is 5.16 Å². The molecule has 0 aliphatic rings. The summed E-state index contributed by atoms with van der Waals surface area (Å²) in [5.74, 6) is 0.714. The SMILES string of the molecule is Cc1onc(C#N)c1C. The summed E-state index contributed by atoms with van der Waals surface area (Å²) in [5.41, 5.74) is 1.21. The lowest BCUT2D eigenvalue weighted by atomic mass is 10.2. The second-order valence-electron chi connectivity index (χ2n) is 1.82. The first-order chi connectivity index (χ1) is 4.25. The van der Waals surface area contributed by atoms with Crippen molar-refractivity contribution in [1.29, 1.82) is 5.26 Å². The van der Waals surface area contributed by atoms with Crippen molar-refractivity contribution in [2.24, 2.45) is 0 Å². The number of aromatic nitrogens is 1. The molecule has 0 bridgehead atoms. The quantitative estimate of drug-likeness (QED) is 0.518. The standard InChI is InChI=1S/C6H6N2O/c1-4-5(2)9-8-6(4)3-7/h1-2H3. The molecule has 0 unspecified atom stereocenters. The van der Waals surface area contributed by atoms with Gasteiger partial charge in [0.05, 0.1) is 0 Å². The van der Waals surface area contributed by atoms with Crippen molar-refractivity contribution in [3.63, 3.8) is 0 Å². The molecule has 1 heterocycles. The van der Waals surface area contributed by atoms with Gasteiger partial charge in [0.1, 0.15) is 11.8 Å². The Kier molecular flexibility index (Phi) is 1.23. The second kappa shape index (κ2) is 1.90. The zero-order valence-corrected chi connectivity index (χ0v) is 5.30. The van der Waals surface area contributed by atoms with Crippen LogP contribution in [0.1, 0.15) is 17.0 Å². The summed E-state index contributed by atoms with van der Waals surface area (Å²) in [7, 11) is 0. The summed E-state index contributed by atoms with van der Waals surface area (Å²) < 4.78 is 4.71. The van der Waals surface area contributed by atoms with Crippen molar-refractivity contribution >= 4 is 0 Å². The van der Waals surface area contributed by atoms with Gasteiger partial charge in [0.2, 0.25) is 0 Å². The fourth-order valence-electron chi connectivity index (χ4n) is 0.522. The molecule has 0 fully saturated rings. The predicted octanol–water partition coefficient (Wildman–Crippen LogP) is 1.16. The smallest absolute Gasteiger partial charge is 0.186 e. The van der Waals surface area contributed by atoms with Crippen molar-refractivity contribution < 1.29 is 4.52 Å². The molecular formula is C6H6N2O. The van der Waals surface area contributed by atoms with E-state index in [1.165, 1.54) is 0 Å². The molecule has 0 saturated heterocycles. The molecule has 9 heavy (non-hydrogen) atoms. The third kappa shape index (κ3) is 0.789. The van der Waals surface area contributed by atoms with Crippen molar-refractivity contribution in [2.45, 2.75) is 13.8 Å². The number of hydrogen-bond acceptors (Lipinski definition) is 3. The molecule has 0 saturated carbocycles. The van der Waals surface area contributed by atoms with Crippen LogP contribution in [0.5, 0.6) is 0 Å². The number of aryl methyl sites for hydroxylation is 1. The molecule has 3 nitrogen and oxygen atoms in total. The van der Waals surface area contributed by atoms with Crippen LogP contribution in [0.25, 0.3) is 0 Å². The van der Waals surface area contributed by atoms with Gasteiger partial charge >= 0.3 is 0 Å². The molecule has 0 spiro atoms. The van der Waals surface area contributed by atoms with E-state index in [-0.39, 0.29) is 0 Å². The molecular weight excluding hydrogens is 116 g/mol. The van der Waals surface area contributed by atoms with E-state index in [0.717, 1.165) is 5.56 Å². The van der Waals surface area contributed by atoms with Crippen LogP contribution in [0, 0.1) is 25.2 Å². The van der Waals surface area contributed by atoms with E-state index < -0.39 is 0 Å². The molecule has 0 amide bonds. The van der Waals surface area contributed by atoms with Crippen LogP contribution in [-0.2, 0) is 0 Å². The summed E-state index contributed by atoms with van der Waals surface area (Å²) in [4.78, 5) is 0. The minimum Gasteiger partial charge on any atom is -0.360 e. The third-order valence-electron chi connectivity index (χ3n) is 1.26. The molecule has 0 aliphatic carbocycles. The van der Waals surface area contributed by atoms with Gasteiger partial charge in [-0.05, 0) is 13.8 Å². The summed E-state index contributed by atoms with van der Waals surface area (Å²) in [5, 5.41) is 11.9. The van der Waals surface area contributed by atoms with Gasteiger partial charge in [-0.25, -0.2) is 0 Å². The molecule has 3 heteroatoms. The Hall–Kier alpha value is -1.30. The van der Waals surface area contributed by atoms with Gasteiger partial charge in [-0.15, -0.1) is 0 Å². The topological polar surface area (TPSA) is 49.8 Å². The Morgan fingerprint density at radius 3 is 2.44 bits per heavy atom. The number of nitriles is 1. The van der Waals surface area contributed by atoms with E-state index in [2.05, 4.69) is 5.16 Å². The van der Waals surface area contributed by atoms with E-state index in [0.29, 0.717) is 11.5 Å². The Morgan fingerprint density at radius 2 is 2.22 bits per heavy atom. The lowest BCUT2D eigenvalue weighted by Crippen LogP contribution is -1.75. The van der Waals surface area contributed by atoms with Crippen LogP contribution >= 0.6 is 0 Å². The van der Waals surface area contributed by atoms with E-state index in [9.17, 15) is 0 Å². The molecule has 0 radical (unpaired) electrons. The molecule has 0 aliphatic heterocycles. The highest BCUT2D eigenvalue weighted by Crippen LogP contribution is 2.08. The van der Waals surface area contributed by atoms with Gasteiger partial charge in [0, 0.05) is 5.56 Å². The van der Waals surface area contributed by atoms with Crippen LogP contribution < -0.4 is 0 Å². The van der Waals surface area contributed by atoms with Gasteiger partial charge in [-0.3, -0.25) is 0 Å². The maximum Gasteiger partial charge on any atom is 0.186 e. The van der Waals surface area contributed by atoms with E-state index in [1.54, 1.807) is 6.92 Å². The van der Waals surface area contributed by atoms with E-state index in [4.69, 9.17) is 9.78 Å². The highest BCUT2D eigenvalue weighted by molar-refractivity contribution is 5.30. The van der Waals surface area contributed by atoms with Crippen LogP contribution in [0.2, 0.25) is 0 Å². The molecule has 0 N–H and O–H groups in total. The van der Waals surface area contributed by atoms with Crippen molar-refractivity contribution in [3.05, 3.63) is 17.0 Å². The summed E-state index contributed by atoms with van der Waals surface area (Å²) in [6.45, 7) is 3.59. The highest BCUT2D eigenvalue weighted by atomic mass is 16.5. The molecule has 46 valence electrons. The van der Waals surface area contributed by atoms with Crippen molar-refractivity contribution in [1.82, 2.24) is 5.16 Å². The third-order valence-corrected chi connectivity index (χ3v) is 1.26. The van der Waals surface area contributed by atoms with Gasteiger partial charge in [0.25, 0.3) is 0 Å². The Morgan fingerprint density at radius 1 is 1.56 bits per heavy atom. The number of rotatable bonds is 0. The highest BCUT2D eigenvalue weighted by Gasteiger charge is 2.04. The maximum absolute atomic E-state index is 8.36. The lowest BCUT2D eigenvalue weighted by Gasteiger charge is -1.78. The Balaban J connectivity index is 3.24. The Bertz CT molecular complexity index is 257.